The van der Waals surface area contributed by atoms with Gasteiger partial charge in [0, 0.05) is 23.7 Å². The van der Waals surface area contributed by atoms with Crippen LogP contribution >= 0.6 is 0 Å². The third-order valence-electron chi connectivity index (χ3n) is 3.66. The number of nitrogens with one attached hydrogen (secondary N) is 1. The minimum absolute atomic E-state index is 0.348. The zero-order chi connectivity index (χ0) is 11.4. The van der Waals surface area contributed by atoms with Crippen LogP contribution in [0.1, 0.15) is 18.9 Å². The second-order valence-corrected chi connectivity index (χ2v) is 4.77. The Morgan fingerprint density at radius 1 is 1.35 bits per heavy atom. The van der Waals surface area contributed by atoms with E-state index in [0.717, 1.165) is 29.4 Å². The largest absolute Gasteiger partial charge is 0.346 e. The molecule has 0 aromatic carbocycles. The zero-order valence-corrected chi connectivity index (χ0v) is 9.30. The van der Waals surface area contributed by atoms with Crippen molar-refractivity contribution in [2.24, 2.45) is 5.73 Å². The summed E-state index contributed by atoms with van der Waals surface area (Å²) >= 11 is 0. The summed E-state index contributed by atoms with van der Waals surface area (Å²) in [4.78, 5) is 11.9. The molecule has 4 rings (SSSR count). The minimum atomic E-state index is 0.348. The van der Waals surface area contributed by atoms with E-state index in [9.17, 15) is 0 Å². The first kappa shape index (κ1) is 9.18. The molecule has 3 aromatic rings. The van der Waals surface area contributed by atoms with Gasteiger partial charge in [-0.2, -0.15) is 0 Å². The number of H-pyrrole nitrogens is 1. The number of nitrogens with zero attached hydrogens (tertiary/aromatic N) is 3. The lowest BCUT2D eigenvalue weighted by molar-refractivity contribution is 0.272. The fraction of sp³-hybridized carbons (Fsp3) is 0.333. The van der Waals surface area contributed by atoms with Gasteiger partial charge in [0.15, 0.2) is 0 Å². The molecule has 0 amide bonds. The van der Waals surface area contributed by atoms with Crippen LogP contribution in [0.4, 0.5) is 0 Å². The summed E-state index contributed by atoms with van der Waals surface area (Å²) in [6, 6.07) is 2.90. The summed E-state index contributed by atoms with van der Waals surface area (Å²) in [5.41, 5.74) is 8.91. The quantitative estimate of drug-likeness (QED) is 0.662. The van der Waals surface area contributed by atoms with Crippen LogP contribution in [-0.4, -0.2) is 25.6 Å². The van der Waals surface area contributed by atoms with Gasteiger partial charge in [0.1, 0.15) is 11.2 Å². The molecule has 0 spiro atoms. The Morgan fingerprint density at radius 3 is 3.06 bits per heavy atom. The highest BCUT2D eigenvalue weighted by Crippen LogP contribution is 2.34. The van der Waals surface area contributed by atoms with Crippen molar-refractivity contribution in [1.29, 1.82) is 0 Å². The fourth-order valence-electron chi connectivity index (χ4n) is 2.67. The standard InChI is InChI=1S/C12H13N5/c13-7-3-8(4-7)17-6-16-10-5-15-12-9(11(10)17)1-2-14-12/h1-2,5-8H,3-4,13H2,(H,14,15)/t7-,8-. The van der Waals surface area contributed by atoms with E-state index < -0.39 is 0 Å². The Bertz CT molecular complexity index is 689. The van der Waals surface area contributed by atoms with Gasteiger partial charge in [0.25, 0.3) is 0 Å². The van der Waals surface area contributed by atoms with E-state index in [1.807, 2.05) is 18.7 Å². The van der Waals surface area contributed by atoms with Crippen LogP contribution in [0.15, 0.2) is 24.8 Å². The fourth-order valence-corrected chi connectivity index (χ4v) is 2.67. The van der Waals surface area contributed by atoms with Gasteiger partial charge < -0.3 is 15.3 Å². The van der Waals surface area contributed by atoms with Crippen LogP contribution in [0, 0.1) is 0 Å². The number of fused-ring (bicyclic) bond motifs is 3. The van der Waals surface area contributed by atoms with Gasteiger partial charge in [0.05, 0.1) is 18.0 Å². The maximum atomic E-state index is 5.86. The van der Waals surface area contributed by atoms with Crippen molar-refractivity contribution in [3.8, 4) is 0 Å². The highest BCUT2D eigenvalue weighted by molar-refractivity contribution is 6.00. The molecule has 3 aromatic heterocycles. The van der Waals surface area contributed by atoms with Crippen LogP contribution in [0.3, 0.4) is 0 Å². The normalized spacial score (nSPS) is 24.3. The van der Waals surface area contributed by atoms with Gasteiger partial charge in [-0.05, 0) is 18.9 Å². The number of aromatic amines is 1. The summed E-state index contributed by atoms with van der Waals surface area (Å²) in [6.07, 6.45) is 7.74. The van der Waals surface area contributed by atoms with Crippen molar-refractivity contribution in [2.75, 3.05) is 0 Å². The molecular formula is C12H13N5. The molecule has 5 nitrogen and oxygen atoms in total. The van der Waals surface area contributed by atoms with Gasteiger partial charge in [-0.25, -0.2) is 9.97 Å². The summed E-state index contributed by atoms with van der Waals surface area (Å²) in [6.45, 7) is 0. The molecular weight excluding hydrogens is 214 g/mol. The van der Waals surface area contributed by atoms with Crippen LogP contribution in [0.5, 0.6) is 0 Å². The number of hydrogen-bond acceptors (Lipinski definition) is 3. The van der Waals surface area contributed by atoms with E-state index in [2.05, 4.69) is 25.6 Å². The van der Waals surface area contributed by atoms with E-state index in [-0.39, 0.29) is 0 Å². The first-order valence-corrected chi connectivity index (χ1v) is 5.87. The number of rotatable bonds is 1. The molecule has 17 heavy (non-hydrogen) atoms. The topological polar surface area (TPSA) is 72.5 Å². The average Bonchev–Trinajstić information content (AvgIpc) is 2.90. The SMILES string of the molecule is N[C@H]1C[C@H](n2cnc3cnc4[nH]ccc4c32)C1. The van der Waals surface area contributed by atoms with Crippen LogP contribution < -0.4 is 5.73 Å². The van der Waals surface area contributed by atoms with Gasteiger partial charge in [-0.15, -0.1) is 0 Å². The number of imidazole rings is 1. The smallest absolute Gasteiger partial charge is 0.139 e. The maximum absolute atomic E-state index is 5.86. The summed E-state index contributed by atoms with van der Waals surface area (Å²) in [5, 5.41) is 1.14. The van der Waals surface area contributed by atoms with E-state index in [0.29, 0.717) is 12.1 Å². The molecule has 3 N–H and O–H groups in total. The third kappa shape index (κ3) is 1.17. The molecule has 0 saturated heterocycles. The predicted molar refractivity (Wildman–Crippen MR) is 65.6 cm³/mol. The second-order valence-electron chi connectivity index (χ2n) is 4.77. The number of hydrogen-bond donors (Lipinski definition) is 2. The molecule has 1 fully saturated rings. The lowest BCUT2D eigenvalue weighted by Crippen LogP contribution is -2.37. The molecule has 5 heteroatoms. The van der Waals surface area contributed by atoms with Gasteiger partial charge in [-0.1, -0.05) is 0 Å². The third-order valence-corrected chi connectivity index (χ3v) is 3.66. The van der Waals surface area contributed by atoms with Crippen molar-refractivity contribution in [3.63, 3.8) is 0 Å². The first-order chi connectivity index (χ1) is 8.33. The first-order valence-electron chi connectivity index (χ1n) is 5.87. The van der Waals surface area contributed by atoms with Crippen molar-refractivity contribution in [1.82, 2.24) is 19.5 Å². The van der Waals surface area contributed by atoms with E-state index in [1.54, 1.807) is 0 Å². The van der Waals surface area contributed by atoms with E-state index in [1.165, 1.54) is 5.52 Å². The molecule has 0 bridgehead atoms. The van der Waals surface area contributed by atoms with Gasteiger partial charge >= 0.3 is 0 Å². The summed E-state index contributed by atoms with van der Waals surface area (Å²) < 4.78 is 2.25. The molecule has 0 unspecified atom stereocenters. The Hall–Kier alpha value is -1.88. The Balaban J connectivity index is 1.99. The number of nitrogens with two attached hydrogens (primary N) is 1. The molecule has 0 aliphatic heterocycles. The highest BCUT2D eigenvalue weighted by Gasteiger charge is 2.28. The Kier molecular flexibility index (Phi) is 1.66. The molecule has 0 radical (unpaired) electrons. The van der Waals surface area contributed by atoms with E-state index in [4.69, 9.17) is 5.73 Å². The molecule has 1 saturated carbocycles. The minimum Gasteiger partial charge on any atom is -0.346 e. The Morgan fingerprint density at radius 2 is 2.24 bits per heavy atom. The van der Waals surface area contributed by atoms with Crippen molar-refractivity contribution < 1.29 is 0 Å². The van der Waals surface area contributed by atoms with Gasteiger partial charge in [-0.3, -0.25) is 0 Å². The monoisotopic (exact) mass is 227 g/mol. The number of aromatic nitrogens is 4. The predicted octanol–water partition coefficient (Wildman–Crippen LogP) is 1.57. The van der Waals surface area contributed by atoms with Crippen molar-refractivity contribution in [3.05, 3.63) is 24.8 Å². The van der Waals surface area contributed by atoms with Crippen molar-refractivity contribution >= 4 is 22.1 Å². The average molecular weight is 227 g/mol. The van der Waals surface area contributed by atoms with Crippen LogP contribution in [-0.2, 0) is 0 Å². The molecule has 1 aliphatic rings. The highest BCUT2D eigenvalue weighted by atomic mass is 15.1. The second kappa shape index (κ2) is 3.07. The molecule has 1 aliphatic carbocycles. The molecule has 3 heterocycles. The Labute approximate surface area is 97.7 Å². The van der Waals surface area contributed by atoms with Crippen molar-refractivity contribution in [2.45, 2.75) is 24.9 Å². The lowest BCUT2D eigenvalue weighted by Gasteiger charge is -2.33. The summed E-state index contributed by atoms with van der Waals surface area (Å²) in [7, 11) is 0. The summed E-state index contributed by atoms with van der Waals surface area (Å²) in [5.74, 6) is 0. The lowest BCUT2D eigenvalue weighted by atomic mass is 9.87. The zero-order valence-electron chi connectivity index (χ0n) is 9.30. The van der Waals surface area contributed by atoms with Crippen LogP contribution in [0.25, 0.3) is 22.1 Å². The molecule has 0 atom stereocenters. The maximum Gasteiger partial charge on any atom is 0.139 e. The van der Waals surface area contributed by atoms with Gasteiger partial charge in [0.2, 0.25) is 0 Å². The van der Waals surface area contributed by atoms with Crippen LogP contribution in [0.2, 0.25) is 0 Å². The molecule has 86 valence electrons. The van der Waals surface area contributed by atoms with E-state index >= 15 is 0 Å². The number of pyridine rings is 1.